The van der Waals surface area contributed by atoms with Crippen LogP contribution in [0, 0.1) is 0 Å². The maximum Gasteiger partial charge on any atom is 0.134 e. The van der Waals surface area contributed by atoms with Crippen molar-refractivity contribution in [2.45, 2.75) is 44.6 Å². The van der Waals surface area contributed by atoms with Crippen molar-refractivity contribution in [1.29, 1.82) is 0 Å². The number of carbonyl (C=O) groups is 1. The van der Waals surface area contributed by atoms with Gasteiger partial charge in [-0.05, 0) is 32.2 Å². The second kappa shape index (κ2) is 6.11. The number of ketones is 1. The van der Waals surface area contributed by atoms with Crippen LogP contribution < -0.4 is 5.73 Å². The monoisotopic (exact) mass is 185 g/mol. The van der Waals surface area contributed by atoms with Crippen LogP contribution in [0.1, 0.15) is 38.5 Å². The molecule has 1 unspecified atom stereocenters. The van der Waals surface area contributed by atoms with Gasteiger partial charge in [-0.1, -0.05) is 0 Å². The Morgan fingerprint density at radius 3 is 2.92 bits per heavy atom. The van der Waals surface area contributed by atoms with Crippen LogP contribution in [0.4, 0.5) is 0 Å². The topological polar surface area (TPSA) is 52.3 Å². The SMILES string of the molecule is NCCC(=O)CCCC1CCCO1. The van der Waals surface area contributed by atoms with E-state index >= 15 is 0 Å². The highest BCUT2D eigenvalue weighted by Gasteiger charge is 2.14. The van der Waals surface area contributed by atoms with Crippen LogP contribution >= 0.6 is 0 Å². The van der Waals surface area contributed by atoms with Gasteiger partial charge in [-0.2, -0.15) is 0 Å². The lowest BCUT2D eigenvalue weighted by molar-refractivity contribution is -0.119. The van der Waals surface area contributed by atoms with Crippen LogP contribution in [-0.4, -0.2) is 25.0 Å². The molecular formula is C10H19NO2. The van der Waals surface area contributed by atoms with Crippen LogP contribution in [0.5, 0.6) is 0 Å². The Bertz CT molecular complexity index is 153. The van der Waals surface area contributed by atoms with E-state index in [4.69, 9.17) is 10.5 Å². The number of hydrogen-bond acceptors (Lipinski definition) is 3. The molecule has 3 nitrogen and oxygen atoms in total. The summed E-state index contributed by atoms with van der Waals surface area (Å²) in [5.41, 5.74) is 5.28. The third-order valence-electron chi connectivity index (χ3n) is 2.43. The smallest absolute Gasteiger partial charge is 0.134 e. The van der Waals surface area contributed by atoms with Crippen LogP contribution in [0.25, 0.3) is 0 Å². The molecule has 1 rings (SSSR count). The van der Waals surface area contributed by atoms with Gasteiger partial charge in [0.15, 0.2) is 0 Å². The van der Waals surface area contributed by atoms with Crippen molar-refractivity contribution in [3.8, 4) is 0 Å². The number of hydrogen-bond donors (Lipinski definition) is 1. The molecule has 1 saturated heterocycles. The fourth-order valence-corrected chi connectivity index (χ4v) is 1.68. The molecule has 0 amide bonds. The molecule has 0 saturated carbocycles. The van der Waals surface area contributed by atoms with Gasteiger partial charge in [0.25, 0.3) is 0 Å². The van der Waals surface area contributed by atoms with Crippen molar-refractivity contribution >= 4 is 5.78 Å². The summed E-state index contributed by atoms with van der Waals surface area (Å²) in [7, 11) is 0. The summed E-state index contributed by atoms with van der Waals surface area (Å²) >= 11 is 0. The molecule has 0 spiro atoms. The second-order valence-electron chi connectivity index (χ2n) is 3.60. The fourth-order valence-electron chi connectivity index (χ4n) is 1.68. The lowest BCUT2D eigenvalue weighted by atomic mass is 10.1. The van der Waals surface area contributed by atoms with Crippen LogP contribution in [-0.2, 0) is 9.53 Å². The Kier molecular flexibility index (Phi) is 5.01. The molecule has 0 bridgehead atoms. The molecular weight excluding hydrogens is 166 g/mol. The summed E-state index contributed by atoms with van der Waals surface area (Å²) in [6.07, 6.45) is 5.99. The molecule has 1 aliphatic heterocycles. The lowest BCUT2D eigenvalue weighted by Gasteiger charge is -2.07. The first-order chi connectivity index (χ1) is 6.33. The van der Waals surface area contributed by atoms with E-state index in [0.29, 0.717) is 31.3 Å². The number of ether oxygens (including phenoxy) is 1. The van der Waals surface area contributed by atoms with Crippen molar-refractivity contribution < 1.29 is 9.53 Å². The predicted octanol–water partition coefficient (Wildman–Crippen LogP) is 1.25. The maximum atomic E-state index is 11.1. The third kappa shape index (κ3) is 4.39. The van der Waals surface area contributed by atoms with E-state index in [-0.39, 0.29) is 0 Å². The van der Waals surface area contributed by atoms with Crippen molar-refractivity contribution in [2.24, 2.45) is 5.73 Å². The molecule has 0 radical (unpaired) electrons. The zero-order chi connectivity index (χ0) is 9.52. The first kappa shape index (κ1) is 10.7. The van der Waals surface area contributed by atoms with Crippen LogP contribution in [0.3, 0.4) is 0 Å². The van der Waals surface area contributed by atoms with Gasteiger partial charge < -0.3 is 10.5 Å². The van der Waals surface area contributed by atoms with Crippen molar-refractivity contribution in [1.82, 2.24) is 0 Å². The van der Waals surface area contributed by atoms with Gasteiger partial charge in [-0.25, -0.2) is 0 Å². The van der Waals surface area contributed by atoms with Crippen molar-refractivity contribution in [3.05, 3.63) is 0 Å². The summed E-state index contributed by atoms with van der Waals surface area (Å²) in [6, 6.07) is 0. The Balaban J connectivity index is 1.96. The van der Waals surface area contributed by atoms with E-state index in [9.17, 15) is 4.79 Å². The summed E-state index contributed by atoms with van der Waals surface area (Å²) in [4.78, 5) is 11.1. The molecule has 1 atom stereocenters. The molecule has 76 valence electrons. The molecule has 0 aromatic carbocycles. The van der Waals surface area contributed by atoms with Gasteiger partial charge >= 0.3 is 0 Å². The third-order valence-corrected chi connectivity index (χ3v) is 2.43. The molecule has 1 heterocycles. The molecule has 1 fully saturated rings. The standard InChI is InChI=1S/C10H19NO2/c11-7-6-9(12)3-1-4-10-5-2-8-13-10/h10H,1-8,11H2. The van der Waals surface area contributed by atoms with Gasteiger partial charge in [0.1, 0.15) is 5.78 Å². The van der Waals surface area contributed by atoms with Crippen molar-refractivity contribution in [3.63, 3.8) is 0 Å². The highest BCUT2D eigenvalue weighted by molar-refractivity contribution is 5.78. The highest BCUT2D eigenvalue weighted by Crippen LogP contribution is 2.17. The summed E-state index contributed by atoms with van der Waals surface area (Å²) in [5.74, 6) is 0.292. The molecule has 0 aromatic heterocycles. The number of nitrogens with two attached hydrogens (primary N) is 1. The number of rotatable bonds is 6. The summed E-state index contributed by atoms with van der Waals surface area (Å²) in [5, 5.41) is 0. The first-order valence-electron chi connectivity index (χ1n) is 5.16. The second-order valence-corrected chi connectivity index (χ2v) is 3.60. The Morgan fingerprint density at radius 2 is 2.31 bits per heavy atom. The minimum Gasteiger partial charge on any atom is -0.378 e. The van der Waals surface area contributed by atoms with Crippen LogP contribution in [0.2, 0.25) is 0 Å². The normalized spacial score (nSPS) is 22.1. The van der Waals surface area contributed by atoms with E-state index in [0.717, 1.165) is 19.4 Å². The summed E-state index contributed by atoms with van der Waals surface area (Å²) in [6.45, 7) is 1.39. The zero-order valence-electron chi connectivity index (χ0n) is 8.13. The molecule has 0 aromatic rings. The minimum atomic E-state index is 0.292. The molecule has 1 aliphatic rings. The fraction of sp³-hybridized carbons (Fsp3) is 0.900. The van der Waals surface area contributed by atoms with Gasteiger partial charge in [-0.3, -0.25) is 4.79 Å². The van der Waals surface area contributed by atoms with Gasteiger partial charge in [-0.15, -0.1) is 0 Å². The largest absolute Gasteiger partial charge is 0.378 e. The minimum absolute atomic E-state index is 0.292. The zero-order valence-corrected chi connectivity index (χ0v) is 8.13. The molecule has 2 N–H and O–H groups in total. The Morgan fingerprint density at radius 1 is 1.46 bits per heavy atom. The maximum absolute atomic E-state index is 11.1. The highest BCUT2D eigenvalue weighted by atomic mass is 16.5. The van der Waals surface area contributed by atoms with Gasteiger partial charge in [0, 0.05) is 19.4 Å². The predicted molar refractivity (Wildman–Crippen MR) is 51.5 cm³/mol. The van der Waals surface area contributed by atoms with Crippen LogP contribution in [0.15, 0.2) is 0 Å². The average molecular weight is 185 g/mol. The average Bonchev–Trinajstić information content (AvgIpc) is 2.57. The van der Waals surface area contributed by atoms with E-state index in [1.54, 1.807) is 0 Å². The van der Waals surface area contributed by atoms with E-state index in [2.05, 4.69) is 0 Å². The van der Waals surface area contributed by atoms with E-state index in [1.807, 2.05) is 0 Å². The van der Waals surface area contributed by atoms with E-state index < -0.39 is 0 Å². The Labute approximate surface area is 79.6 Å². The Hall–Kier alpha value is -0.410. The van der Waals surface area contributed by atoms with Gasteiger partial charge in [0.05, 0.1) is 6.10 Å². The first-order valence-corrected chi connectivity index (χ1v) is 5.16. The lowest BCUT2D eigenvalue weighted by Crippen LogP contribution is -2.09. The molecule has 3 heteroatoms. The molecule has 0 aliphatic carbocycles. The molecule has 13 heavy (non-hydrogen) atoms. The van der Waals surface area contributed by atoms with Gasteiger partial charge in [0.2, 0.25) is 0 Å². The van der Waals surface area contributed by atoms with Crippen molar-refractivity contribution in [2.75, 3.05) is 13.2 Å². The number of carbonyl (C=O) groups excluding carboxylic acids is 1. The quantitative estimate of drug-likeness (QED) is 0.677. The van der Waals surface area contributed by atoms with E-state index in [1.165, 1.54) is 12.8 Å². The number of Topliss-reactive ketones (excluding diaryl/α,β-unsaturated/α-hetero) is 1. The summed E-state index contributed by atoms with van der Waals surface area (Å²) < 4.78 is 5.46.